The summed E-state index contributed by atoms with van der Waals surface area (Å²) < 4.78 is 20.6. The second-order valence-electron chi connectivity index (χ2n) is 6.10. The lowest BCUT2D eigenvalue weighted by molar-refractivity contribution is -0.144. The number of methoxy groups -OCH3 is 1. The van der Waals surface area contributed by atoms with Crippen LogP contribution in [0.3, 0.4) is 0 Å². The lowest BCUT2D eigenvalue weighted by Gasteiger charge is -2.08. The number of hydrogen-bond donors (Lipinski definition) is 0. The molecule has 0 N–H and O–H groups in total. The first-order valence-corrected chi connectivity index (χ1v) is 9.08. The molecule has 0 radical (unpaired) electrons. The van der Waals surface area contributed by atoms with E-state index in [4.69, 9.17) is 18.9 Å². The predicted octanol–water partition coefficient (Wildman–Crippen LogP) is 4.65. The van der Waals surface area contributed by atoms with Crippen LogP contribution in [0.1, 0.15) is 10.4 Å². The molecule has 0 aliphatic rings. The summed E-state index contributed by atoms with van der Waals surface area (Å²) in [5.41, 5.74) is 2.34. The van der Waals surface area contributed by atoms with Gasteiger partial charge in [0.05, 0.1) is 12.7 Å². The van der Waals surface area contributed by atoms with Crippen LogP contribution in [0.15, 0.2) is 85.5 Å². The Labute approximate surface area is 174 Å². The normalized spacial score (nSPS) is 10.0. The van der Waals surface area contributed by atoms with Crippen LogP contribution in [0.4, 0.5) is 0 Å². The van der Waals surface area contributed by atoms with Gasteiger partial charge in [0.15, 0.2) is 0 Å². The molecule has 3 rings (SSSR count). The molecule has 30 heavy (non-hydrogen) atoms. The molecular weight excluding hydrogens is 384 g/mol. The van der Waals surface area contributed by atoms with Crippen molar-refractivity contribution < 1.29 is 28.5 Å². The molecule has 0 atom stereocenters. The minimum Gasteiger partial charge on any atom is -0.497 e. The molecule has 0 aliphatic carbocycles. The summed E-state index contributed by atoms with van der Waals surface area (Å²) in [5, 5.41) is 0. The highest BCUT2D eigenvalue weighted by atomic mass is 16.7. The van der Waals surface area contributed by atoms with Crippen molar-refractivity contribution in [3.8, 4) is 28.4 Å². The summed E-state index contributed by atoms with van der Waals surface area (Å²) in [6.07, 6.45) is 1.07. The van der Waals surface area contributed by atoms with Gasteiger partial charge in [-0.05, 0) is 59.7 Å². The molecule has 0 unspecified atom stereocenters. The smallest absolute Gasteiger partial charge is 0.343 e. The number of benzene rings is 3. The van der Waals surface area contributed by atoms with Crippen molar-refractivity contribution in [3.63, 3.8) is 0 Å². The van der Waals surface area contributed by atoms with Crippen molar-refractivity contribution >= 4 is 11.9 Å². The van der Waals surface area contributed by atoms with Crippen LogP contribution in [0.25, 0.3) is 11.1 Å². The van der Waals surface area contributed by atoms with Crippen LogP contribution in [0, 0.1) is 0 Å². The Bertz CT molecular complexity index is 1010. The van der Waals surface area contributed by atoms with Gasteiger partial charge in [-0.25, -0.2) is 9.59 Å². The van der Waals surface area contributed by atoms with Crippen molar-refractivity contribution in [2.24, 2.45) is 0 Å². The molecule has 6 nitrogen and oxygen atoms in total. The molecular formula is C24H20O6. The Kier molecular flexibility index (Phi) is 6.84. The van der Waals surface area contributed by atoms with Crippen molar-refractivity contribution in [2.45, 2.75) is 0 Å². The van der Waals surface area contributed by atoms with Gasteiger partial charge in [0.2, 0.25) is 6.79 Å². The molecule has 0 aliphatic heterocycles. The van der Waals surface area contributed by atoms with E-state index in [0.29, 0.717) is 22.8 Å². The maximum atomic E-state index is 12.2. The molecule has 0 aromatic heterocycles. The lowest BCUT2D eigenvalue weighted by Crippen LogP contribution is -2.08. The second-order valence-corrected chi connectivity index (χ2v) is 6.10. The van der Waals surface area contributed by atoms with Crippen molar-refractivity contribution in [3.05, 3.63) is 91.0 Å². The first kappa shape index (κ1) is 20.7. The van der Waals surface area contributed by atoms with Gasteiger partial charge in [-0.2, -0.15) is 0 Å². The molecule has 3 aromatic rings. The average Bonchev–Trinajstić information content (AvgIpc) is 2.80. The van der Waals surface area contributed by atoms with E-state index in [0.717, 1.165) is 17.2 Å². The Morgan fingerprint density at radius 1 is 0.800 bits per heavy atom. The van der Waals surface area contributed by atoms with Gasteiger partial charge >= 0.3 is 11.9 Å². The fourth-order valence-electron chi connectivity index (χ4n) is 2.57. The molecule has 152 valence electrons. The molecule has 3 aromatic carbocycles. The second kappa shape index (κ2) is 9.93. The SMILES string of the molecule is C=CC(=O)OCOc1ccc(-c2ccc(OC(=O)c3ccc(OC)cc3)cc2)cc1. The molecule has 0 saturated heterocycles. The first-order valence-electron chi connectivity index (χ1n) is 9.08. The fourth-order valence-corrected chi connectivity index (χ4v) is 2.57. The summed E-state index contributed by atoms with van der Waals surface area (Å²) in [4.78, 5) is 23.2. The monoisotopic (exact) mass is 404 g/mol. The van der Waals surface area contributed by atoms with E-state index in [2.05, 4.69) is 6.58 Å². The zero-order chi connectivity index (χ0) is 21.3. The fraction of sp³-hybridized carbons (Fsp3) is 0.0833. The molecule has 0 spiro atoms. The van der Waals surface area contributed by atoms with Gasteiger partial charge in [0.25, 0.3) is 0 Å². The molecule has 0 fully saturated rings. The van der Waals surface area contributed by atoms with Crippen LogP contribution >= 0.6 is 0 Å². The van der Waals surface area contributed by atoms with E-state index < -0.39 is 11.9 Å². The number of rotatable bonds is 8. The highest BCUT2D eigenvalue weighted by Crippen LogP contribution is 2.25. The minimum absolute atomic E-state index is 0.182. The quantitative estimate of drug-likeness (QED) is 0.236. The van der Waals surface area contributed by atoms with Crippen LogP contribution in [0.5, 0.6) is 17.2 Å². The van der Waals surface area contributed by atoms with E-state index in [-0.39, 0.29) is 6.79 Å². The van der Waals surface area contributed by atoms with E-state index in [1.165, 1.54) is 0 Å². The van der Waals surface area contributed by atoms with Gasteiger partial charge in [-0.3, -0.25) is 0 Å². The van der Waals surface area contributed by atoms with Crippen LogP contribution in [-0.2, 0) is 9.53 Å². The molecule has 6 heteroatoms. The van der Waals surface area contributed by atoms with E-state index in [9.17, 15) is 9.59 Å². The molecule has 0 bridgehead atoms. The summed E-state index contributed by atoms with van der Waals surface area (Å²) >= 11 is 0. The Morgan fingerprint density at radius 2 is 1.33 bits per heavy atom. The van der Waals surface area contributed by atoms with Gasteiger partial charge < -0.3 is 18.9 Å². The predicted molar refractivity (Wildman–Crippen MR) is 112 cm³/mol. The van der Waals surface area contributed by atoms with Gasteiger partial charge in [-0.1, -0.05) is 30.8 Å². The summed E-state index contributed by atoms with van der Waals surface area (Å²) in [6.45, 7) is 3.13. The number of ether oxygens (including phenoxy) is 4. The van der Waals surface area contributed by atoms with E-state index in [1.807, 2.05) is 24.3 Å². The standard InChI is InChI=1S/C24H20O6/c1-3-23(25)29-16-28-21-12-4-17(5-13-21)18-6-14-22(15-7-18)30-24(26)19-8-10-20(27-2)11-9-19/h3-15H,1,16H2,2H3. The number of carbonyl (C=O) groups excluding carboxylic acids is 2. The number of esters is 2. The Balaban J connectivity index is 1.58. The van der Waals surface area contributed by atoms with Crippen LogP contribution in [-0.4, -0.2) is 25.8 Å². The highest BCUT2D eigenvalue weighted by Gasteiger charge is 2.09. The summed E-state index contributed by atoms with van der Waals surface area (Å²) in [6, 6.07) is 21.2. The Hall–Kier alpha value is -4.06. The molecule has 0 amide bonds. The van der Waals surface area contributed by atoms with Crippen molar-refractivity contribution in [2.75, 3.05) is 13.9 Å². The van der Waals surface area contributed by atoms with Crippen LogP contribution < -0.4 is 14.2 Å². The summed E-state index contributed by atoms with van der Waals surface area (Å²) in [5.74, 6) is 0.706. The lowest BCUT2D eigenvalue weighted by atomic mass is 10.1. The number of hydrogen-bond acceptors (Lipinski definition) is 6. The van der Waals surface area contributed by atoms with Gasteiger partial charge in [0.1, 0.15) is 17.2 Å². The maximum absolute atomic E-state index is 12.2. The largest absolute Gasteiger partial charge is 0.497 e. The third-order valence-electron chi connectivity index (χ3n) is 4.17. The third-order valence-corrected chi connectivity index (χ3v) is 4.17. The van der Waals surface area contributed by atoms with Gasteiger partial charge in [-0.15, -0.1) is 0 Å². The minimum atomic E-state index is -0.542. The molecule has 0 saturated carbocycles. The summed E-state index contributed by atoms with van der Waals surface area (Å²) in [7, 11) is 1.57. The van der Waals surface area contributed by atoms with E-state index in [1.54, 1.807) is 55.6 Å². The Morgan fingerprint density at radius 3 is 1.87 bits per heavy atom. The average molecular weight is 404 g/mol. The topological polar surface area (TPSA) is 71.1 Å². The van der Waals surface area contributed by atoms with Gasteiger partial charge in [0, 0.05) is 6.08 Å². The van der Waals surface area contributed by atoms with Crippen molar-refractivity contribution in [1.82, 2.24) is 0 Å². The zero-order valence-corrected chi connectivity index (χ0v) is 16.4. The third kappa shape index (κ3) is 5.48. The van der Waals surface area contributed by atoms with Crippen LogP contribution in [0.2, 0.25) is 0 Å². The highest BCUT2D eigenvalue weighted by molar-refractivity contribution is 5.91. The molecule has 0 heterocycles. The van der Waals surface area contributed by atoms with E-state index >= 15 is 0 Å². The zero-order valence-electron chi connectivity index (χ0n) is 16.4. The number of carbonyl (C=O) groups is 2. The van der Waals surface area contributed by atoms with Crippen molar-refractivity contribution in [1.29, 1.82) is 0 Å². The first-order chi connectivity index (χ1) is 14.6. The maximum Gasteiger partial charge on any atom is 0.343 e.